The molecule has 118 valence electrons. The normalized spacial score (nSPS) is 19.7. The molecule has 5 heteroatoms. The Hall–Kier alpha value is -1.36. The molecule has 4 nitrogen and oxygen atoms in total. The van der Waals surface area contributed by atoms with Gasteiger partial charge in [0.05, 0.1) is 24.7 Å². The van der Waals surface area contributed by atoms with Gasteiger partial charge >= 0.3 is 0 Å². The number of benzene rings is 1. The van der Waals surface area contributed by atoms with Gasteiger partial charge in [-0.15, -0.1) is 0 Å². The van der Waals surface area contributed by atoms with Gasteiger partial charge in [-0.1, -0.05) is 23.7 Å². The summed E-state index contributed by atoms with van der Waals surface area (Å²) in [6.45, 7) is 7.87. The molecule has 0 saturated carbocycles. The molecule has 1 aliphatic rings. The fraction of sp³-hybridized carbons (Fsp3) is 0.471. The third-order valence-electron chi connectivity index (χ3n) is 4.08. The van der Waals surface area contributed by atoms with E-state index in [1.165, 1.54) is 11.3 Å². The maximum Gasteiger partial charge on any atom is 0.0952 e. The molecule has 0 unspecified atom stereocenters. The molecule has 0 radical (unpaired) electrons. The molecule has 3 rings (SSSR count). The smallest absolute Gasteiger partial charge is 0.0952 e. The van der Waals surface area contributed by atoms with Gasteiger partial charge in [0.2, 0.25) is 0 Å². The lowest BCUT2D eigenvalue weighted by molar-refractivity contribution is -0.0336. The first-order chi connectivity index (χ1) is 10.6. The Labute approximate surface area is 136 Å². The van der Waals surface area contributed by atoms with Gasteiger partial charge in [-0.3, -0.25) is 4.90 Å². The van der Waals surface area contributed by atoms with Crippen LogP contribution in [-0.2, 0) is 11.3 Å². The minimum Gasteiger partial charge on any atom is -0.371 e. The highest BCUT2D eigenvalue weighted by Crippen LogP contribution is 2.24. The molecule has 1 saturated heterocycles. The Balaban J connectivity index is 1.68. The summed E-state index contributed by atoms with van der Waals surface area (Å²) in [4.78, 5) is 6.72. The van der Waals surface area contributed by atoms with E-state index in [0.29, 0.717) is 6.04 Å². The van der Waals surface area contributed by atoms with E-state index >= 15 is 0 Å². The van der Waals surface area contributed by atoms with Gasteiger partial charge in [0, 0.05) is 36.9 Å². The van der Waals surface area contributed by atoms with Crippen molar-refractivity contribution in [1.82, 2.24) is 14.5 Å². The summed E-state index contributed by atoms with van der Waals surface area (Å²) in [5.74, 6) is 0. The highest BCUT2D eigenvalue weighted by molar-refractivity contribution is 6.30. The molecular formula is C17H22ClN3O. The molecule has 2 heterocycles. The number of hydrogen-bond acceptors (Lipinski definition) is 3. The van der Waals surface area contributed by atoms with Crippen molar-refractivity contribution in [3.05, 3.63) is 53.1 Å². The second-order valence-electron chi connectivity index (χ2n) is 6.03. The van der Waals surface area contributed by atoms with E-state index in [1.807, 2.05) is 24.7 Å². The van der Waals surface area contributed by atoms with Crippen LogP contribution in [-0.4, -0.2) is 34.1 Å². The van der Waals surface area contributed by atoms with Crippen LogP contribution in [0.3, 0.4) is 0 Å². The van der Waals surface area contributed by atoms with Gasteiger partial charge < -0.3 is 9.30 Å². The maximum absolute atomic E-state index is 5.96. The van der Waals surface area contributed by atoms with Crippen LogP contribution in [0.15, 0.2) is 36.8 Å². The number of halogens is 1. The topological polar surface area (TPSA) is 30.3 Å². The zero-order valence-corrected chi connectivity index (χ0v) is 13.8. The Morgan fingerprint density at radius 3 is 2.82 bits per heavy atom. The first kappa shape index (κ1) is 15.5. The van der Waals surface area contributed by atoms with Crippen LogP contribution in [0.4, 0.5) is 0 Å². The van der Waals surface area contributed by atoms with Crippen LogP contribution in [0.2, 0.25) is 5.02 Å². The van der Waals surface area contributed by atoms with Crippen LogP contribution >= 0.6 is 11.6 Å². The zero-order valence-electron chi connectivity index (χ0n) is 13.1. The van der Waals surface area contributed by atoms with Crippen LogP contribution in [0.5, 0.6) is 0 Å². The average Bonchev–Trinajstić information content (AvgIpc) is 2.96. The third-order valence-corrected chi connectivity index (χ3v) is 4.33. The largest absolute Gasteiger partial charge is 0.371 e. The van der Waals surface area contributed by atoms with E-state index in [2.05, 4.69) is 40.4 Å². The second kappa shape index (κ2) is 6.82. The first-order valence-electron chi connectivity index (χ1n) is 7.73. The van der Waals surface area contributed by atoms with Crippen LogP contribution in [0.1, 0.15) is 37.3 Å². The van der Waals surface area contributed by atoms with E-state index in [1.54, 1.807) is 0 Å². The predicted molar refractivity (Wildman–Crippen MR) is 88.0 cm³/mol. The van der Waals surface area contributed by atoms with Crippen molar-refractivity contribution in [2.24, 2.45) is 0 Å². The summed E-state index contributed by atoms with van der Waals surface area (Å²) in [5, 5.41) is 0.761. The first-order valence-corrected chi connectivity index (χ1v) is 8.11. The highest BCUT2D eigenvalue weighted by atomic mass is 35.5. The summed E-state index contributed by atoms with van der Waals surface area (Å²) in [6, 6.07) is 8.38. The van der Waals surface area contributed by atoms with E-state index in [9.17, 15) is 0 Å². The lowest BCUT2D eigenvalue weighted by Crippen LogP contribution is -2.38. The van der Waals surface area contributed by atoms with Gasteiger partial charge in [0.1, 0.15) is 0 Å². The Morgan fingerprint density at radius 2 is 2.09 bits per heavy atom. The number of morpholine rings is 1. The van der Waals surface area contributed by atoms with Gasteiger partial charge in [0.25, 0.3) is 0 Å². The van der Waals surface area contributed by atoms with Crippen molar-refractivity contribution >= 4 is 11.6 Å². The van der Waals surface area contributed by atoms with Crippen molar-refractivity contribution in [2.45, 2.75) is 32.5 Å². The third kappa shape index (κ3) is 3.51. The molecule has 0 spiro atoms. The summed E-state index contributed by atoms with van der Waals surface area (Å²) in [5.41, 5.74) is 2.44. The van der Waals surface area contributed by atoms with Crippen molar-refractivity contribution in [1.29, 1.82) is 0 Å². The minimum atomic E-state index is 0.112. The van der Waals surface area contributed by atoms with Gasteiger partial charge in [-0.25, -0.2) is 4.98 Å². The Morgan fingerprint density at radius 1 is 1.32 bits per heavy atom. The van der Waals surface area contributed by atoms with Crippen LogP contribution in [0, 0.1) is 0 Å². The van der Waals surface area contributed by atoms with Crippen LogP contribution in [0.25, 0.3) is 0 Å². The standard InChI is InChI=1S/C17H22ClN3O/c1-13(2)21-12-19-9-16(21)10-20-7-8-22-17(11-20)14-3-5-15(18)6-4-14/h3-6,9,12-13,17H,7-8,10-11H2,1-2H3/t17-/m0/s1. The Kier molecular flexibility index (Phi) is 4.81. The molecule has 1 aromatic heterocycles. The fourth-order valence-electron chi connectivity index (χ4n) is 2.87. The minimum absolute atomic E-state index is 0.112. The van der Waals surface area contributed by atoms with Crippen molar-refractivity contribution in [3.8, 4) is 0 Å². The molecule has 1 atom stereocenters. The molecular weight excluding hydrogens is 298 g/mol. The maximum atomic E-state index is 5.96. The van der Waals surface area contributed by atoms with E-state index in [0.717, 1.165) is 31.3 Å². The number of imidazole rings is 1. The Bertz CT molecular complexity index is 609. The second-order valence-corrected chi connectivity index (χ2v) is 6.47. The molecule has 0 amide bonds. The number of ether oxygens (including phenoxy) is 1. The number of nitrogens with zero attached hydrogens (tertiary/aromatic N) is 3. The fourth-order valence-corrected chi connectivity index (χ4v) is 3.00. The number of hydrogen-bond donors (Lipinski definition) is 0. The average molecular weight is 320 g/mol. The van der Waals surface area contributed by atoms with Gasteiger partial charge in [-0.2, -0.15) is 0 Å². The molecule has 2 aromatic rings. The van der Waals surface area contributed by atoms with Crippen molar-refractivity contribution in [3.63, 3.8) is 0 Å². The summed E-state index contributed by atoms with van der Waals surface area (Å²) in [6.07, 6.45) is 3.99. The summed E-state index contributed by atoms with van der Waals surface area (Å²) < 4.78 is 8.15. The molecule has 22 heavy (non-hydrogen) atoms. The highest BCUT2D eigenvalue weighted by Gasteiger charge is 2.23. The molecule has 0 N–H and O–H groups in total. The van der Waals surface area contributed by atoms with E-state index in [-0.39, 0.29) is 6.10 Å². The zero-order chi connectivity index (χ0) is 15.5. The summed E-state index contributed by atoms with van der Waals surface area (Å²) in [7, 11) is 0. The lowest BCUT2D eigenvalue weighted by Gasteiger charge is -2.33. The van der Waals surface area contributed by atoms with Gasteiger partial charge in [-0.05, 0) is 31.5 Å². The molecule has 1 aliphatic heterocycles. The monoisotopic (exact) mass is 319 g/mol. The van der Waals surface area contributed by atoms with E-state index < -0.39 is 0 Å². The molecule has 0 bridgehead atoms. The van der Waals surface area contributed by atoms with Crippen molar-refractivity contribution < 1.29 is 4.74 Å². The number of aromatic nitrogens is 2. The predicted octanol–water partition coefficient (Wildman–Crippen LogP) is 3.69. The van der Waals surface area contributed by atoms with Gasteiger partial charge in [0.15, 0.2) is 0 Å². The van der Waals surface area contributed by atoms with E-state index in [4.69, 9.17) is 16.3 Å². The van der Waals surface area contributed by atoms with Crippen molar-refractivity contribution in [2.75, 3.05) is 19.7 Å². The quantitative estimate of drug-likeness (QED) is 0.861. The SMILES string of the molecule is CC(C)n1cncc1CN1CCO[C@H](c2ccc(Cl)cc2)C1. The lowest BCUT2D eigenvalue weighted by atomic mass is 10.1. The van der Waals surface area contributed by atoms with Crippen LogP contribution < -0.4 is 0 Å². The summed E-state index contributed by atoms with van der Waals surface area (Å²) >= 11 is 5.96. The molecule has 1 aromatic carbocycles. The molecule has 0 aliphatic carbocycles. The number of rotatable bonds is 4. The molecule has 1 fully saturated rings.